The lowest BCUT2D eigenvalue weighted by molar-refractivity contribution is -0.118. The number of amides is 2. The van der Waals surface area contributed by atoms with E-state index in [1.54, 1.807) is 12.3 Å². The van der Waals surface area contributed by atoms with Gasteiger partial charge in [0.25, 0.3) is 5.91 Å². The summed E-state index contributed by atoms with van der Waals surface area (Å²) in [7, 11) is 0. The topological polar surface area (TPSA) is 89.6 Å². The number of anilines is 1. The molecule has 7 nitrogen and oxygen atoms in total. The van der Waals surface area contributed by atoms with Gasteiger partial charge in [-0.15, -0.1) is 0 Å². The molecule has 1 aliphatic heterocycles. The molecular formula is C32H29N3O4. The molecule has 0 spiro atoms. The molecule has 1 aliphatic carbocycles. The number of ether oxygens (including phenoxy) is 2. The van der Waals surface area contributed by atoms with E-state index < -0.39 is 5.41 Å². The van der Waals surface area contributed by atoms with Crippen LogP contribution in [0.4, 0.5) is 5.69 Å². The Balaban J connectivity index is 1.28. The van der Waals surface area contributed by atoms with Gasteiger partial charge in [0.1, 0.15) is 0 Å². The van der Waals surface area contributed by atoms with E-state index in [4.69, 9.17) is 9.47 Å². The fraction of sp³-hybridized carbons (Fsp3) is 0.219. The quantitative estimate of drug-likeness (QED) is 0.324. The van der Waals surface area contributed by atoms with Gasteiger partial charge in [0.15, 0.2) is 11.5 Å². The third-order valence-corrected chi connectivity index (χ3v) is 7.47. The monoisotopic (exact) mass is 519 g/mol. The van der Waals surface area contributed by atoms with Crippen molar-refractivity contribution in [2.45, 2.75) is 31.6 Å². The van der Waals surface area contributed by atoms with Crippen molar-refractivity contribution >= 4 is 17.5 Å². The van der Waals surface area contributed by atoms with Crippen molar-refractivity contribution in [2.75, 3.05) is 18.7 Å². The van der Waals surface area contributed by atoms with Gasteiger partial charge < -0.3 is 20.1 Å². The molecule has 0 unspecified atom stereocenters. The van der Waals surface area contributed by atoms with E-state index in [9.17, 15) is 9.59 Å². The molecule has 0 radical (unpaired) electrons. The maximum atomic E-state index is 13.8. The van der Waals surface area contributed by atoms with Crippen LogP contribution in [0.1, 0.15) is 40.0 Å². The van der Waals surface area contributed by atoms with Crippen molar-refractivity contribution in [1.29, 1.82) is 0 Å². The minimum Gasteiger partial charge on any atom is -0.454 e. The third kappa shape index (κ3) is 4.95. The molecule has 0 saturated heterocycles. The van der Waals surface area contributed by atoms with Gasteiger partial charge in [-0.2, -0.15) is 0 Å². The van der Waals surface area contributed by atoms with Gasteiger partial charge in [-0.25, -0.2) is 0 Å². The van der Waals surface area contributed by atoms with Crippen LogP contribution in [-0.4, -0.2) is 30.1 Å². The fourth-order valence-electron chi connectivity index (χ4n) is 5.06. The Morgan fingerprint density at radius 1 is 0.923 bits per heavy atom. The Morgan fingerprint density at radius 3 is 2.54 bits per heavy atom. The van der Waals surface area contributed by atoms with E-state index in [1.807, 2.05) is 79.7 Å². The summed E-state index contributed by atoms with van der Waals surface area (Å²) in [5.74, 6) is 0.961. The third-order valence-electron chi connectivity index (χ3n) is 7.47. The Bertz CT molecular complexity index is 1550. The number of nitrogens with zero attached hydrogens (tertiary/aromatic N) is 1. The molecule has 1 fully saturated rings. The summed E-state index contributed by atoms with van der Waals surface area (Å²) in [6.07, 6.45) is 3.80. The number of rotatable bonds is 8. The lowest BCUT2D eigenvalue weighted by Gasteiger charge is -2.19. The maximum absolute atomic E-state index is 13.8. The Labute approximate surface area is 227 Å². The number of hydrogen-bond acceptors (Lipinski definition) is 5. The first kappa shape index (κ1) is 24.7. The summed E-state index contributed by atoms with van der Waals surface area (Å²) in [5, 5.41) is 6.10. The maximum Gasteiger partial charge on any atom is 0.253 e. The highest BCUT2D eigenvalue weighted by Gasteiger charge is 2.52. The lowest BCUT2D eigenvalue weighted by atomic mass is 9.93. The normalized spacial score (nSPS) is 14.5. The molecule has 39 heavy (non-hydrogen) atoms. The van der Waals surface area contributed by atoms with Crippen LogP contribution in [0.2, 0.25) is 0 Å². The van der Waals surface area contributed by atoms with Crippen LogP contribution in [0.5, 0.6) is 11.5 Å². The van der Waals surface area contributed by atoms with Crippen LogP contribution in [-0.2, 0) is 16.6 Å². The largest absolute Gasteiger partial charge is 0.454 e. The summed E-state index contributed by atoms with van der Waals surface area (Å²) in [4.78, 5) is 31.4. The molecule has 2 aliphatic rings. The highest BCUT2D eigenvalue weighted by molar-refractivity contribution is 6.08. The zero-order valence-corrected chi connectivity index (χ0v) is 21.7. The summed E-state index contributed by atoms with van der Waals surface area (Å²) >= 11 is 0. The Morgan fingerprint density at radius 2 is 1.74 bits per heavy atom. The molecule has 196 valence electrons. The van der Waals surface area contributed by atoms with Crippen molar-refractivity contribution in [2.24, 2.45) is 0 Å². The number of fused-ring (bicyclic) bond motifs is 1. The minimum absolute atomic E-state index is 0.133. The first-order chi connectivity index (χ1) is 19.0. The second-order valence-corrected chi connectivity index (χ2v) is 10.0. The summed E-state index contributed by atoms with van der Waals surface area (Å²) in [6, 6.07) is 25.1. The zero-order chi connectivity index (χ0) is 26.8. The van der Waals surface area contributed by atoms with Crippen molar-refractivity contribution in [3.05, 3.63) is 107 Å². The average molecular weight is 520 g/mol. The molecule has 3 aromatic carbocycles. The van der Waals surface area contributed by atoms with Gasteiger partial charge in [0, 0.05) is 24.9 Å². The fourth-order valence-corrected chi connectivity index (χ4v) is 5.06. The minimum atomic E-state index is -0.660. The number of carbonyl (C=O) groups excluding carboxylic acids is 2. The van der Waals surface area contributed by atoms with Crippen LogP contribution in [0.15, 0.2) is 85.1 Å². The number of hydrogen-bond donors (Lipinski definition) is 2. The van der Waals surface area contributed by atoms with Gasteiger partial charge in [0.2, 0.25) is 12.7 Å². The van der Waals surface area contributed by atoms with E-state index in [-0.39, 0.29) is 18.6 Å². The van der Waals surface area contributed by atoms with Crippen molar-refractivity contribution in [1.82, 2.24) is 10.3 Å². The number of benzene rings is 3. The van der Waals surface area contributed by atoms with E-state index >= 15 is 0 Å². The number of carbonyl (C=O) groups is 2. The van der Waals surface area contributed by atoms with Gasteiger partial charge in [-0.05, 0) is 78.4 Å². The predicted molar refractivity (Wildman–Crippen MR) is 149 cm³/mol. The van der Waals surface area contributed by atoms with Crippen LogP contribution < -0.4 is 20.1 Å². The van der Waals surface area contributed by atoms with Gasteiger partial charge in [0.05, 0.1) is 16.7 Å². The van der Waals surface area contributed by atoms with Crippen LogP contribution in [0, 0.1) is 6.92 Å². The number of aryl methyl sites for hydroxylation is 1. The van der Waals surface area contributed by atoms with Crippen LogP contribution in [0.25, 0.3) is 11.1 Å². The number of aromatic nitrogens is 1. The Kier molecular flexibility index (Phi) is 6.49. The summed E-state index contributed by atoms with van der Waals surface area (Å²) in [6.45, 7) is 2.66. The molecule has 0 atom stereocenters. The second-order valence-electron chi connectivity index (χ2n) is 10.0. The second kappa shape index (κ2) is 10.3. The van der Waals surface area contributed by atoms with Crippen molar-refractivity contribution < 1.29 is 19.1 Å². The lowest BCUT2D eigenvalue weighted by Crippen LogP contribution is -2.31. The highest BCUT2D eigenvalue weighted by atomic mass is 16.7. The molecule has 6 rings (SSSR count). The molecule has 2 heterocycles. The molecule has 1 saturated carbocycles. The van der Waals surface area contributed by atoms with E-state index in [1.165, 1.54) is 0 Å². The predicted octanol–water partition coefficient (Wildman–Crippen LogP) is 5.43. The van der Waals surface area contributed by atoms with Gasteiger partial charge in [-0.1, -0.05) is 42.5 Å². The molecule has 0 bridgehead atoms. The first-order valence-corrected chi connectivity index (χ1v) is 13.1. The first-order valence-electron chi connectivity index (χ1n) is 13.1. The van der Waals surface area contributed by atoms with Crippen LogP contribution >= 0.6 is 0 Å². The molecule has 2 amide bonds. The Hall–Kier alpha value is -4.65. The van der Waals surface area contributed by atoms with E-state index in [0.717, 1.165) is 40.8 Å². The molecule has 1 aromatic heterocycles. The zero-order valence-electron chi connectivity index (χ0n) is 21.7. The molecule has 2 N–H and O–H groups in total. The van der Waals surface area contributed by atoms with Gasteiger partial charge in [-0.3, -0.25) is 14.6 Å². The molecule has 4 aromatic rings. The van der Waals surface area contributed by atoms with Gasteiger partial charge >= 0.3 is 0 Å². The van der Waals surface area contributed by atoms with Crippen LogP contribution in [0.3, 0.4) is 0 Å². The highest BCUT2D eigenvalue weighted by Crippen LogP contribution is 2.51. The average Bonchev–Trinajstić information content (AvgIpc) is 3.64. The number of nitrogens with one attached hydrogen (secondary N) is 2. The SMILES string of the molecule is Cc1ccccc1-c1ccc(C(=O)NCCc2ccccn2)c(NC(=O)C2(c3ccc4c(c3)OCO4)CC2)c1. The smallest absolute Gasteiger partial charge is 0.253 e. The van der Waals surface area contributed by atoms with E-state index in [0.29, 0.717) is 35.7 Å². The number of pyridine rings is 1. The standard InChI is InChI=1S/C32H29N3O4/c1-21-6-2-3-8-25(21)22-9-11-26(30(36)34-17-13-24-7-4-5-16-33-24)27(18-22)35-31(37)32(14-15-32)23-10-12-28-29(19-23)39-20-38-28/h2-12,16,18-19H,13-15,17,20H2,1H3,(H,34,36)(H,35,37). The van der Waals surface area contributed by atoms with Crippen molar-refractivity contribution in [3.63, 3.8) is 0 Å². The summed E-state index contributed by atoms with van der Waals surface area (Å²) in [5.41, 5.74) is 5.13. The summed E-state index contributed by atoms with van der Waals surface area (Å²) < 4.78 is 11.0. The molecular weight excluding hydrogens is 490 g/mol. The van der Waals surface area contributed by atoms with Crippen molar-refractivity contribution in [3.8, 4) is 22.6 Å². The molecule has 7 heteroatoms. The van der Waals surface area contributed by atoms with E-state index in [2.05, 4.69) is 15.6 Å².